The van der Waals surface area contributed by atoms with Crippen molar-refractivity contribution in [2.75, 3.05) is 0 Å². The Morgan fingerprint density at radius 3 is 2.80 bits per heavy atom. The molecule has 1 aliphatic heterocycles. The summed E-state index contributed by atoms with van der Waals surface area (Å²) in [6.07, 6.45) is 1.85. The number of hydrogen-bond donors (Lipinski definition) is 1. The van der Waals surface area contributed by atoms with E-state index in [2.05, 4.69) is 10.0 Å². The van der Waals surface area contributed by atoms with Crippen molar-refractivity contribution in [2.45, 2.75) is 44.0 Å². The quantitative estimate of drug-likeness (QED) is 0.305. The Morgan fingerprint density at radius 1 is 1.40 bits per heavy atom. The molecule has 4 atom stereocenters. The summed E-state index contributed by atoms with van der Waals surface area (Å²) < 4.78 is 11.1. The van der Waals surface area contributed by atoms with E-state index in [9.17, 15) is 5.11 Å². The van der Waals surface area contributed by atoms with Gasteiger partial charge in [0.25, 0.3) is 0 Å². The van der Waals surface area contributed by atoms with E-state index in [1.807, 2.05) is 0 Å². The molecule has 6 nitrogen and oxygen atoms in total. The van der Waals surface area contributed by atoms with Gasteiger partial charge in [-0.1, -0.05) is 17.3 Å². The summed E-state index contributed by atoms with van der Waals surface area (Å²) in [4.78, 5) is 2.68. The molecule has 1 fully saturated rings. The lowest BCUT2D eigenvalue weighted by Crippen LogP contribution is -2.44. The lowest BCUT2D eigenvalue weighted by molar-refractivity contribution is -0.153. The fourth-order valence-corrected chi connectivity index (χ4v) is 1.93. The summed E-state index contributed by atoms with van der Waals surface area (Å²) in [6, 6.07) is -0.575. The molecule has 0 aromatic carbocycles. The number of aliphatic hydroxyl groups excluding tert-OH is 1. The van der Waals surface area contributed by atoms with Crippen molar-refractivity contribution in [3.05, 3.63) is 22.6 Å². The van der Waals surface area contributed by atoms with Crippen molar-refractivity contribution in [2.24, 2.45) is 5.11 Å². The van der Waals surface area contributed by atoms with Crippen molar-refractivity contribution >= 4 is 0 Å². The van der Waals surface area contributed by atoms with E-state index in [0.717, 1.165) is 0 Å². The maximum absolute atomic E-state index is 9.88. The molecule has 2 rings (SSSR count). The van der Waals surface area contributed by atoms with E-state index in [1.54, 1.807) is 26.0 Å². The van der Waals surface area contributed by atoms with Crippen LogP contribution in [0.5, 0.6) is 0 Å². The van der Waals surface area contributed by atoms with E-state index in [-0.39, 0.29) is 6.10 Å². The van der Waals surface area contributed by atoms with Gasteiger partial charge in [0, 0.05) is 4.91 Å². The number of nitrogens with zero attached hydrogens (tertiary/aromatic N) is 3. The Morgan fingerprint density at radius 2 is 2.13 bits per heavy atom. The number of rotatable bonds is 1. The first-order valence-electron chi connectivity index (χ1n) is 4.80. The smallest absolute Gasteiger partial charge is 0.164 e. The zero-order chi connectivity index (χ0) is 11.1. The SMILES string of the molecule is CC1(C)O[C@@H]2[C@@H](O)[C@@H](N=[N+]=[N-])C=C[C@@H]2O1. The first-order valence-corrected chi connectivity index (χ1v) is 4.80. The number of fused-ring (bicyclic) bond motifs is 1. The highest BCUT2D eigenvalue weighted by atomic mass is 16.8. The highest BCUT2D eigenvalue weighted by Crippen LogP contribution is 2.34. The van der Waals surface area contributed by atoms with Gasteiger partial charge in [-0.2, -0.15) is 0 Å². The molecule has 0 aromatic heterocycles. The van der Waals surface area contributed by atoms with Crippen LogP contribution in [0.15, 0.2) is 17.3 Å². The molecule has 1 heterocycles. The Hall–Kier alpha value is -1.07. The van der Waals surface area contributed by atoms with Gasteiger partial charge >= 0.3 is 0 Å². The molecule has 0 spiro atoms. The molecule has 15 heavy (non-hydrogen) atoms. The highest BCUT2D eigenvalue weighted by molar-refractivity contribution is 5.14. The molecule has 82 valence electrons. The number of hydrogen-bond acceptors (Lipinski definition) is 4. The van der Waals surface area contributed by atoms with Gasteiger partial charge in [-0.3, -0.25) is 0 Å². The van der Waals surface area contributed by atoms with Crippen molar-refractivity contribution in [1.82, 2.24) is 0 Å². The van der Waals surface area contributed by atoms with Gasteiger partial charge in [0.15, 0.2) is 5.79 Å². The second kappa shape index (κ2) is 3.50. The second-order valence-corrected chi connectivity index (χ2v) is 4.14. The molecule has 0 unspecified atom stereocenters. The molecule has 6 heteroatoms. The summed E-state index contributed by atoms with van der Waals surface area (Å²) in [7, 11) is 0. The van der Waals surface area contributed by atoms with E-state index < -0.39 is 24.0 Å². The minimum atomic E-state index is -0.849. The molecule has 0 bridgehead atoms. The molecular formula is C9H13N3O3. The van der Waals surface area contributed by atoms with Gasteiger partial charge in [0.1, 0.15) is 12.2 Å². The van der Waals surface area contributed by atoms with Crippen LogP contribution in [0.3, 0.4) is 0 Å². The van der Waals surface area contributed by atoms with Gasteiger partial charge in [-0.05, 0) is 19.4 Å². The normalized spacial score (nSPS) is 42.1. The zero-order valence-electron chi connectivity index (χ0n) is 8.57. The van der Waals surface area contributed by atoms with Crippen molar-refractivity contribution in [3.8, 4) is 0 Å². The Balaban J connectivity index is 2.20. The van der Waals surface area contributed by atoms with Gasteiger partial charge in [-0.25, -0.2) is 0 Å². The predicted molar refractivity (Wildman–Crippen MR) is 51.9 cm³/mol. The summed E-state index contributed by atoms with van der Waals surface area (Å²) in [5, 5.41) is 13.4. The second-order valence-electron chi connectivity index (χ2n) is 4.14. The van der Waals surface area contributed by atoms with E-state index >= 15 is 0 Å². The minimum absolute atomic E-state index is 0.264. The standard InChI is InChI=1S/C9H13N3O3/c1-9(2)14-6-4-3-5(11-12-10)7(13)8(6)15-9/h3-8,13H,1-2H3/t5-,6-,7-,8-/m0/s1. The zero-order valence-corrected chi connectivity index (χ0v) is 8.57. The molecular weight excluding hydrogens is 198 g/mol. The third-order valence-corrected chi connectivity index (χ3v) is 2.53. The average molecular weight is 211 g/mol. The summed E-state index contributed by atoms with van der Waals surface area (Å²) >= 11 is 0. The third-order valence-electron chi connectivity index (χ3n) is 2.53. The molecule has 2 aliphatic rings. The van der Waals surface area contributed by atoms with Crippen LogP contribution in [0.25, 0.3) is 10.4 Å². The van der Waals surface area contributed by atoms with Crippen LogP contribution < -0.4 is 0 Å². The van der Waals surface area contributed by atoms with Crippen molar-refractivity contribution in [3.63, 3.8) is 0 Å². The number of aliphatic hydroxyl groups is 1. The van der Waals surface area contributed by atoms with Gasteiger partial charge < -0.3 is 14.6 Å². The lowest BCUT2D eigenvalue weighted by atomic mass is 9.95. The summed E-state index contributed by atoms with van der Waals surface area (Å²) in [5.41, 5.74) is 8.32. The van der Waals surface area contributed by atoms with E-state index in [1.165, 1.54) is 0 Å². The summed E-state index contributed by atoms with van der Waals surface area (Å²) in [6.45, 7) is 3.57. The maximum atomic E-state index is 9.88. The van der Waals surface area contributed by atoms with Gasteiger partial charge in [0.2, 0.25) is 0 Å². The Labute approximate surface area is 87.1 Å². The number of azide groups is 1. The highest BCUT2D eigenvalue weighted by Gasteiger charge is 2.47. The molecule has 1 N–H and O–H groups in total. The first kappa shape index (κ1) is 10.4. The fourth-order valence-electron chi connectivity index (χ4n) is 1.93. The topological polar surface area (TPSA) is 87.5 Å². The van der Waals surface area contributed by atoms with Gasteiger partial charge in [0.05, 0.1) is 12.1 Å². The third kappa shape index (κ3) is 1.85. The van der Waals surface area contributed by atoms with Crippen LogP contribution >= 0.6 is 0 Å². The van der Waals surface area contributed by atoms with Crippen molar-refractivity contribution in [1.29, 1.82) is 0 Å². The van der Waals surface area contributed by atoms with Crippen molar-refractivity contribution < 1.29 is 14.6 Å². The van der Waals surface area contributed by atoms with Gasteiger partial charge in [-0.15, -0.1) is 0 Å². The number of ether oxygens (including phenoxy) is 2. The Kier molecular flexibility index (Phi) is 2.44. The fraction of sp³-hybridized carbons (Fsp3) is 0.778. The van der Waals surface area contributed by atoms with Crippen LogP contribution in [0.4, 0.5) is 0 Å². The molecule has 0 radical (unpaired) electrons. The minimum Gasteiger partial charge on any atom is -0.390 e. The van der Waals surface area contributed by atoms with Crippen LogP contribution in [0.1, 0.15) is 13.8 Å². The monoisotopic (exact) mass is 211 g/mol. The maximum Gasteiger partial charge on any atom is 0.164 e. The van der Waals surface area contributed by atoms with Crippen LogP contribution in [0, 0.1) is 0 Å². The lowest BCUT2D eigenvalue weighted by Gasteiger charge is -2.27. The van der Waals surface area contributed by atoms with E-state index in [4.69, 9.17) is 15.0 Å². The van der Waals surface area contributed by atoms with Crippen LogP contribution in [0.2, 0.25) is 0 Å². The molecule has 0 aromatic rings. The van der Waals surface area contributed by atoms with Crippen LogP contribution in [-0.4, -0.2) is 35.2 Å². The summed E-state index contributed by atoms with van der Waals surface area (Å²) in [5.74, 6) is -0.702. The molecule has 0 saturated carbocycles. The largest absolute Gasteiger partial charge is 0.390 e. The molecule has 1 aliphatic carbocycles. The molecule has 0 amide bonds. The predicted octanol–water partition coefficient (Wildman–Crippen LogP) is 1.12. The first-order chi connectivity index (χ1) is 7.03. The van der Waals surface area contributed by atoms with E-state index in [0.29, 0.717) is 0 Å². The molecule has 1 saturated heterocycles. The average Bonchev–Trinajstić information content (AvgIpc) is 2.46. The Bertz CT molecular complexity index is 335. The van der Waals surface area contributed by atoms with Crippen LogP contribution in [-0.2, 0) is 9.47 Å².